The summed E-state index contributed by atoms with van der Waals surface area (Å²) < 4.78 is 7.40. The minimum atomic E-state index is -0.200. The highest BCUT2D eigenvalue weighted by Crippen LogP contribution is 2.22. The number of benzene rings is 3. The van der Waals surface area contributed by atoms with Crippen LogP contribution in [0.25, 0.3) is 11.0 Å². The quantitative estimate of drug-likeness (QED) is 0.455. The number of rotatable bonds is 8. The van der Waals surface area contributed by atoms with Crippen molar-refractivity contribution in [2.24, 2.45) is 0 Å². The molecule has 1 aromatic heterocycles. The molecular formula is C26H27N3O2. The molecule has 1 heterocycles. The van der Waals surface area contributed by atoms with Gasteiger partial charge in [-0.15, -0.1) is 0 Å². The molecule has 0 saturated heterocycles. The van der Waals surface area contributed by atoms with Crippen molar-refractivity contribution >= 4 is 16.9 Å². The summed E-state index contributed by atoms with van der Waals surface area (Å²) in [7, 11) is 1.63. The van der Waals surface area contributed by atoms with Crippen molar-refractivity contribution in [2.75, 3.05) is 7.11 Å². The maximum atomic E-state index is 12.7. The SMILES string of the molecule is COc1ccc(CC(=O)NC(C)c2nc3ccccc3n2CCc2ccccc2)cc1. The number of nitrogens with zero attached hydrogens (tertiary/aromatic N) is 2. The van der Waals surface area contributed by atoms with Crippen LogP contribution in [0.2, 0.25) is 0 Å². The number of aromatic nitrogens is 2. The van der Waals surface area contributed by atoms with Gasteiger partial charge < -0.3 is 14.6 Å². The second-order valence-corrected chi connectivity index (χ2v) is 7.66. The third kappa shape index (κ3) is 4.94. The Balaban J connectivity index is 1.51. The van der Waals surface area contributed by atoms with Gasteiger partial charge in [0.25, 0.3) is 0 Å². The van der Waals surface area contributed by atoms with Crippen molar-refractivity contribution in [3.63, 3.8) is 0 Å². The predicted octanol–water partition coefficient (Wildman–Crippen LogP) is 4.71. The molecule has 0 radical (unpaired) electrons. The molecule has 1 amide bonds. The molecule has 0 saturated carbocycles. The van der Waals surface area contributed by atoms with Crippen LogP contribution in [-0.4, -0.2) is 22.6 Å². The number of ether oxygens (including phenoxy) is 1. The van der Waals surface area contributed by atoms with Crippen molar-refractivity contribution in [3.05, 3.63) is 95.8 Å². The average Bonchev–Trinajstić information content (AvgIpc) is 3.17. The first-order valence-electron chi connectivity index (χ1n) is 10.6. The molecule has 1 atom stereocenters. The fraction of sp³-hybridized carbons (Fsp3) is 0.231. The second kappa shape index (κ2) is 9.47. The summed E-state index contributed by atoms with van der Waals surface area (Å²) in [6.07, 6.45) is 1.22. The van der Waals surface area contributed by atoms with Gasteiger partial charge in [0.2, 0.25) is 5.91 Å². The molecule has 4 aromatic rings. The number of methoxy groups -OCH3 is 1. The van der Waals surface area contributed by atoms with Gasteiger partial charge in [0, 0.05) is 6.54 Å². The van der Waals surface area contributed by atoms with Gasteiger partial charge >= 0.3 is 0 Å². The number of carbonyl (C=O) groups excluding carboxylic acids is 1. The Hall–Kier alpha value is -3.60. The Bertz CT molecular complexity index is 1150. The van der Waals surface area contributed by atoms with E-state index in [9.17, 15) is 4.79 Å². The number of carbonyl (C=O) groups is 1. The Morgan fingerprint density at radius 1 is 0.968 bits per heavy atom. The molecule has 0 fully saturated rings. The van der Waals surface area contributed by atoms with Crippen molar-refractivity contribution in [2.45, 2.75) is 32.4 Å². The van der Waals surface area contributed by atoms with Gasteiger partial charge in [-0.25, -0.2) is 4.98 Å². The van der Waals surface area contributed by atoms with Crippen molar-refractivity contribution in [3.8, 4) is 5.75 Å². The van der Waals surface area contributed by atoms with Crippen molar-refractivity contribution in [1.29, 1.82) is 0 Å². The summed E-state index contributed by atoms with van der Waals surface area (Å²) in [6.45, 7) is 2.80. The van der Waals surface area contributed by atoms with Crippen LogP contribution in [0.3, 0.4) is 0 Å². The van der Waals surface area contributed by atoms with Crippen LogP contribution in [0.1, 0.15) is 29.9 Å². The lowest BCUT2D eigenvalue weighted by Crippen LogP contribution is -2.30. The summed E-state index contributed by atoms with van der Waals surface area (Å²) in [6, 6.07) is 25.9. The normalized spacial score (nSPS) is 11.9. The molecule has 0 spiro atoms. The average molecular weight is 414 g/mol. The third-order valence-corrected chi connectivity index (χ3v) is 5.44. The molecule has 0 aliphatic rings. The monoisotopic (exact) mass is 413 g/mol. The summed E-state index contributed by atoms with van der Waals surface area (Å²) in [4.78, 5) is 17.5. The molecule has 0 aliphatic carbocycles. The molecule has 1 N–H and O–H groups in total. The summed E-state index contributed by atoms with van der Waals surface area (Å²) in [5.41, 5.74) is 4.26. The predicted molar refractivity (Wildman–Crippen MR) is 123 cm³/mol. The number of aryl methyl sites for hydroxylation is 2. The van der Waals surface area contributed by atoms with Crippen LogP contribution in [-0.2, 0) is 24.2 Å². The van der Waals surface area contributed by atoms with E-state index < -0.39 is 0 Å². The van der Waals surface area contributed by atoms with Crippen LogP contribution in [0.4, 0.5) is 0 Å². The highest BCUT2D eigenvalue weighted by molar-refractivity contribution is 5.79. The molecule has 158 valence electrons. The van der Waals surface area contributed by atoms with Crippen molar-refractivity contribution < 1.29 is 9.53 Å². The lowest BCUT2D eigenvalue weighted by atomic mass is 10.1. The molecule has 0 aliphatic heterocycles. The van der Waals surface area contributed by atoms with Gasteiger partial charge in [-0.2, -0.15) is 0 Å². The van der Waals surface area contributed by atoms with E-state index in [0.29, 0.717) is 6.42 Å². The number of nitrogens with one attached hydrogen (secondary N) is 1. The largest absolute Gasteiger partial charge is 0.497 e. The van der Waals surface area contributed by atoms with Crippen molar-refractivity contribution in [1.82, 2.24) is 14.9 Å². The number of hydrogen-bond acceptors (Lipinski definition) is 3. The lowest BCUT2D eigenvalue weighted by molar-refractivity contribution is -0.121. The summed E-state index contributed by atoms with van der Waals surface area (Å²) >= 11 is 0. The molecule has 5 nitrogen and oxygen atoms in total. The number of hydrogen-bond donors (Lipinski definition) is 1. The first-order chi connectivity index (χ1) is 15.1. The van der Waals surface area contributed by atoms with E-state index in [-0.39, 0.29) is 11.9 Å². The van der Waals surface area contributed by atoms with E-state index in [1.54, 1.807) is 7.11 Å². The molecule has 4 rings (SSSR count). The van der Waals surface area contributed by atoms with E-state index in [2.05, 4.69) is 40.2 Å². The molecule has 0 bridgehead atoms. The standard InChI is InChI=1S/C26H27N3O2/c1-19(27-25(30)18-21-12-14-22(31-2)15-13-21)26-28-23-10-6-7-11-24(23)29(26)17-16-20-8-4-3-5-9-20/h3-15,19H,16-18H2,1-2H3,(H,27,30). The van der Waals surface area contributed by atoms with E-state index in [1.165, 1.54) is 5.56 Å². The fourth-order valence-corrected chi connectivity index (χ4v) is 3.83. The van der Waals surface area contributed by atoms with E-state index in [1.807, 2.05) is 55.5 Å². The molecular weight excluding hydrogens is 386 g/mol. The third-order valence-electron chi connectivity index (χ3n) is 5.44. The van der Waals surface area contributed by atoms with Gasteiger partial charge in [-0.1, -0.05) is 54.6 Å². The van der Waals surface area contributed by atoms with Crippen LogP contribution in [0.15, 0.2) is 78.9 Å². The van der Waals surface area contributed by atoms with Gasteiger partial charge in [0.15, 0.2) is 0 Å². The second-order valence-electron chi connectivity index (χ2n) is 7.66. The minimum Gasteiger partial charge on any atom is -0.497 e. The zero-order valence-corrected chi connectivity index (χ0v) is 17.9. The van der Waals surface area contributed by atoms with E-state index in [0.717, 1.165) is 41.1 Å². The Morgan fingerprint density at radius 3 is 2.42 bits per heavy atom. The Kier molecular flexibility index (Phi) is 6.32. The lowest BCUT2D eigenvalue weighted by Gasteiger charge is -2.17. The van der Waals surface area contributed by atoms with Gasteiger partial charge in [-0.05, 0) is 48.7 Å². The molecule has 3 aromatic carbocycles. The molecule has 1 unspecified atom stereocenters. The van der Waals surface area contributed by atoms with Crippen LogP contribution >= 0.6 is 0 Å². The highest BCUT2D eigenvalue weighted by Gasteiger charge is 2.18. The minimum absolute atomic E-state index is 0.0284. The number of para-hydroxylation sites is 2. The first kappa shape index (κ1) is 20.7. The maximum absolute atomic E-state index is 12.7. The number of fused-ring (bicyclic) bond motifs is 1. The Morgan fingerprint density at radius 2 is 1.68 bits per heavy atom. The Labute approximate surface area is 182 Å². The first-order valence-corrected chi connectivity index (χ1v) is 10.6. The fourth-order valence-electron chi connectivity index (χ4n) is 3.83. The van der Waals surface area contributed by atoms with Crippen LogP contribution in [0, 0.1) is 0 Å². The summed E-state index contributed by atoms with van der Waals surface area (Å²) in [5, 5.41) is 3.12. The number of imidazole rings is 1. The highest BCUT2D eigenvalue weighted by atomic mass is 16.5. The smallest absolute Gasteiger partial charge is 0.224 e. The maximum Gasteiger partial charge on any atom is 0.224 e. The van der Waals surface area contributed by atoms with Gasteiger partial charge in [0.05, 0.1) is 30.6 Å². The molecule has 31 heavy (non-hydrogen) atoms. The van der Waals surface area contributed by atoms with Crippen LogP contribution in [0.5, 0.6) is 5.75 Å². The number of amides is 1. The topological polar surface area (TPSA) is 56.1 Å². The zero-order chi connectivity index (χ0) is 21.6. The van der Waals surface area contributed by atoms with E-state index in [4.69, 9.17) is 9.72 Å². The van der Waals surface area contributed by atoms with Crippen LogP contribution < -0.4 is 10.1 Å². The zero-order valence-electron chi connectivity index (χ0n) is 17.9. The summed E-state index contributed by atoms with van der Waals surface area (Å²) in [5.74, 6) is 1.63. The molecule has 5 heteroatoms. The van der Waals surface area contributed by atoms with Gasteiger partial charge in [-0.3, -0.25) is 4.79 Å². The van der Waals surface area contributed by atoms with Gasteiger partial charge in [0.1, 0.15) is 11.6 Å². The van der Waals surface area contributed by atoms with E-state index >= 15 is 0 Å².